The smallest absolute Gasteiger partial charge is 0.0951 e. The molecular formula is C12H13BrN2OS. The SMILES string of the molecule is NNC(CSc1ccc(Br)cc1)c1ccoc1. The summed E-state index contributed by atoms with van der Waals surface area (Å²) in [5.41, 5.74) is 3.86. The Bertz CT molecular complexity index is 444. The zero-order valence-corrected chi connectivity index (χ0v) is 11.5. The zero-order chi connectivity index (χ0) is 12.1. The summed E-state index contributed by atoms with van der Waals surface area (Å²) in [7, 11) is 0. The first-order chi connectivity index (χ1) is 8.29. The van der Waals surface area contributed by atoms with Crippen molar-refractivity contribution in [1.82, 2.24) is 5.43 Å². The number of halogens is 1. The zero-order valence-electron chi connectivity index (χ0n) is 9.10. The second-order valence-electron chi connectivity index (χ2n) is 3.54. The molecule has 1 aromatic heterocycles. The lowest BCUT2D eigenvalue weighted by molar-refractivity contribution is 0.548. The Morgan fingerprint density at radius 3 is 2.65 bits per heavy atom. The number of hydrogen-bond donors (Lipinski definition) is 2. The lowest BCUT2D eigenvalue weighted by atomic mass is 10.2. The van der Waals surface area contributed by atoms with Gasteiger partial charge in [-0.25, -0.2) is 0 Å². The van der Waals surface area contributed by atoms with Crippen molar-refractivity contribution >= 4 is 27.7 Å². The first kappa shape index (κ1) is 12.7. The third kappa shape index (κ3) is 3.61. The van der Waals surface area contributed by atoms with E-state index in [4.69, 9.17) is 10.3 Å². The van der Waals surface area contributed by atoms with Gasteiger partial charge in [-0.2, -0.15) is 0 Å². The molecule has 1 unspecified atom stereocenters. The molecule has 90 valence electrons. The molecular weight excluding hydrogens is 300 g/mol. The fourth-order valence-corrected chi connectivity index (χ4v) is 2.66. The fraction of sp³-hybridized carbons (Fsp3) is 0.167. The minimum absolute atomic E-state index is 0.0994. The molecule has 0 bridgehead atoms. The second kappa shape index (κ2) is 6.26. The van der Waals surface area contributed by atoms with E-state index in [1.54, 1.807) is 24.3 Å². The fourth-order valence-electron chi connectivity index (χ4n) is 1.42. The molecule has 2 aromatic rings. The van der Waals surface area contributed by atoms with Crippen molar-refractivity contribution in [3.63, 3.8) is 0 Å². The van der Waals surface area contributed by atoms with E-state index in [1.807, 2.05) is 18.2 Å². The molecule has 17 heavy (non-hydrogen) atoms. The van der Waals surface area contributed by atoms with Crippen LogP contribution in [0.5, 0.6) is 0 Å². The van der Waals surface area contributed by atoms with E-state index in [-0.39, 0.29) is 6.04 Å². The van der Waals surface area contributed by atoms with Crippen LogP contribution >= 0.6 is 27.7 Å². The first-order valence-electron chi connectivity index (χ1n) is 5.16. The maximum Gasteiger partial charge on any atom is 0.0951 e. The third-order valence-electron chi connectivity index (χ3n) is 2.38. The molecule has 0 radical (unpaired) electrons. The van der Waals surface area contributed by atoms with Crippen molar-refractivity contribution in [2.75, 3.05) is 5.75 Å². The van der Waals surface area contributed by atoms with Crippen molar-refractivity contribution in [3.05, 3.63) is 52.9 Å². The lowest BCUT2D eigenvalue weighted by Gasteiger charge is -2.13. The molecule has 2 rings (SSSR count). The molecule has 0 saturated carbocycles. The van der Waals surface area contributed by atoms with Gasteiger partial charge in [0.15, 0.2) is 0 Å². The summed E-state index contributed by atoms with van der Waals surface area (Å²) in [4.78, 5) is 1.22. The van der Waals surface area contributed by atoms with Crippen LogP contribution in [0.2, 0.25) is 0 Å². The molecule has 0 spiro atoms. The Hall–Kier alpha value is -0.750. The minimum Gasteiger partial charge on any atom is -0.472 e. The molecule has 0 aliphatic heterocycles. The molecule has 0 fully saturated rings. The van der Waals surface area contributed by atoms with Gasteiger partial charge in [-0.05, 0) is 30.3 Å². The number of rotatable bonds is 5. The van der Waals surface area contributed by atoms with E-state index in [2.05, 4.69) is 33.5 Å². The van der Waals surface area contributed by atoms with Gasteiger partial charge in [-0.1, -0.05) is 15.9 Å². The third-order valence-corrected chi connectivity index (χ3v) is 4.01. The Labute approximate surface area is 113 Å². The summed E-state index contributed by atoms with van der Waals surface area (Å²) in [5, 5.41) is 0. The van der Waals surface area contributed by atoms with Crippen LogP contribution in [0.25, 0.3) is 0 Å². The summed E-state index contributed by atoms with van der Waals surface area (Å²) >= 11 is 5.17. The number of hydrazine groups is 1. The summed E-state index contributed by atoms with van der Waals surface area (Å²) in [6.07, 6.45) is 3.37. The van der Waals surface area contributed by atoms with Gasteiger partial charge in [0.05, 0.1) is 18.6 Å². The van der Waals surface area contributed by atoms with Crippen LogP contribution in [0.1, 0.15) is 11.6 Å². The highest BCUT2D eigenvalue weighted by Crippen LogP contribution is 2.25. The number of nitrogens with two attached hydrogens (primary N) is 1. The predicted octanol–water partition coefficient (Wildman–Crippen LogP) is 3.34. The van der Waals surface area contributed by atoms with Crippen LogP contribution in [0.3, 0.4) is 0 Å². The highest BCUT2D eigenvalue weighted by molar-refractivity contribution is 9.10. The number of benzene rings is 1. The standard InChI is InChI=1S/C12H13BrN2OS/c13-10-1-3-11(4-2-10)17-8-12(15-14)9-5-6-16-7-9/h1-7,12,15H,8,14H2. The number of nitrogens with one attached hydrogen (secondary N) is 1. The van der Waals surface area contributed by atoms with E-state index >= 15 is 0 Å². The molecule has 1 atom stereocenters. The molecule has 3 N–H and O–H groups in total. The van der Waals surface area contributed by atoms with E-state index in [9.17, 15) is 0 Å². The van der Waals surface area contributed by atoms with Crippen LogP contribution in [0.4, 0.5) is 0 Å². The summed E-state index contributed by atoms with van der Waals surface area (Å²) in [6.45, 7) is 0. The van der Waals surface area contributed by atoms with Crippen LogP contribution in [-0.2, 0) is 0 Å². The quantitative estimate of drug-likeness (QED) is 0.505. The monoisotopic (exact) mass is 312 g/mol. The van der Waals surface area contributed by atoms with E-state index < -0.39 is 0 Å². The average Bonchev–Trinajstić information content (AvgIpc) is 2.86. The number of thioether (sulfide) groups is 1. The van der Waals surface area contributed by atoms with Gasteiger partial charge in [0.2, 0.25) is 0 Å². The van der Waals surface area contributed by atoms with Gasteiger partial charge in [0, 0.05) is 20.7 Å². The van der Waals surface area contributed by atoms with Gasteiger partial charge < -0.3 is 4.42 Å². The topological polar surface area (TPSA) is 51.2 Å². The van der Waals surface area contributed by atoms with Gasteiger partial charge in [-0.15, -0.1) is 11.8 Å². The first-order valence-corrected chi connectivity index (χ1v) is 6.94. The van der Waals surface area contributed by atoms with Gasteiger partial charge in [-0.3, -0.25) is 11.3 Å². The number of furan rings is 1. The van der Waals surface area contributed by atoms with Crippen molar-refractivity contribution in [1.29, 1.82) is 0 Å². The van der Waals surface area contributed by atoms with Crippen LogP contribution in [-0.4, -0.2) is 5.75 Å². The Balaban J connectivity index is 1.94. The Kier molecular flexibility index (Phi) is 4.67. The maximum absolute atomic E-state index is 5.54. The Morgan fingerprint density at radius 2 is 2.06 bits per heavy atom. The maximum atomic E-state index is 5.54. The highest BCUT2D eigenvalue weighted by atomic mass is 79.9. The molecule has 1 aromatic carbocycles. The predicted molar refractivity (Wildman–Crippen MR) is 73.6 cm³/mol. The molecule has 0 aliphatic carbocycles. The lowest BCUT2D eigenvalue weighted by Crippen LogP contribution is -2.29. The van der Waals surface area contributed by atoms with E-state index in [0.717, 1.165) is 15.8 Å². The largest absolute Gasteiger partial charge is 0.472 e. The van der Waals surface area contributed by atoms with Crippen LogP contribution < -0.4 is 11.3 Å². The molecule has 0 amide bonds. The van der Waals surface area contributed by atoms with Crippen LogP contribution in [0.15, 0.2) is 56.6 Å². The highest BCUT2D eigenvalue weighted by Gasteiger charge is 2.11. The minimum atomic E-state index is 0.0994. The summed E-state index contributed by atoms with van der Waals surface area (Å²) < 4.78 is 6.14. The average molecular weight is 313 g/mol. The number of hydrogen-bond acceptors (Lipinski definition) is 4. The van der Waals surface area contributed by atoms with Gasteiger partial charge in [0.1, 0.15) is 0 Å². The van der Waals surface area contributed by atoms with Crippen molar-refractivity contribution in [3.8, 4) is 0 Å². The van der Waals surface area contributed by atoms with Crippen molar-refractivity contribution in [2.45, 2.75) is 10.9 Å². The van der Waals surface area contributed by atoms with Gasteiger partial charge in [0.25, 0.3) is 0 Å². The van der Waals surface area contributed by atoms with Crippen molar-refractivity contribution < 1.29 is 4.42 Å². The van der Waals surface area contributed by atoms with E-state index in [0.29, 0.717) is 0 Å². The molecule has 0 aliphatic rings. The molecule has 1 heterocycles. The molecule has 3 nitrogen and oxygen atoms in total. The molecule has 0 saturated heterocycles. The molecule has 5 heteroatoms. The summed E-state index contributed by atoms with van der Waals surface area (Å²) in [6, 6.07) is 10.3. The normalized spacial score (nSPS) is 12.6. The van der Waals surface area contributed by atoms with E-state index in [1.165, 1.54) is 4.90 Å². The summed E-state index contributed by atoms with van der Waals surface area (Å²) in [5.74, 6) is 6.40. The van der Waals surface area contributed by atoms with Crippen molar-refractivity contribution in [2.24, 2.45) is 5.84 Å². The van der Waals surface area contributed by atoms with Gasteiger partial charge >= 0.3 is 0 Å². The van der Waals surface area contributed by atoms with Crippen LogP contribution in [0, 0.1) is 0 Å². The Morgan fingerprint density at radius 1 is 1.29 bits per heavy atom. The second-order valence-corrected chi connectivity index (χ2v) is 5.55.